The van der Waals surface area contributed by atoms with Crippen LogP contribution in [0.3, 0.4) is 0 Å². The Morgan fingerprint density at radius 3 is 2.74 bits per heavy atom. The number of benzene rings is 1. The lowest BCUT2D eigenvalue weighted by Crippen LogP contribution is -2.17. The van der Waals surface area contributed by atoms with Crippen molar-refractivity contribution in [2.75, 3.05) is 11.6 Å². The largest absolute Gasteiger partial charge is 0.382 e. The van der Waals surface area contributed by atoms with Crippen LogP contribution in [0.25, 0.3) is 10.2 Å². The molecule has 0 saturated heterocycles. The highest BCUT2D eigenvalue weighted by atomic mass is 32.2. The van der Waals surface area contributed by atoms with Crippen molar-refractivity contribution in [2.45, 2.75) is 48.9 Å². The second-order valence-corrected chi connectivity index (χ2v) is 7.28. The van der Waals surface area contributed by atoms with Crippen molar-refractivity contribution in [1.29, 1.82) is 0 Å². The number of fused-ring (bicyclic) bond motifs is 1. The molecule has 0 bridgehead atoms. The molecular weight excluding hydrogens is 272 g/mol. The molecule has 1 heterocycles. The summed E-state index contributed by atoms with van der Waals surface area (Å²) < 4.78 is 2.45. The number of thiazole rings is 1. The van der Waals surface area contributed by atoms with Crippen LogP contribution in [-0.2, 0) is 0 Å². The van der Waals surface area contributed by atoms with Gasteiger partial charge in [-0.25, -0.2) is 4.98 Å². The van der Waals surface area contributed by atoms with E-state index in [1.54, 1.807) is 23.1 Å². The fourth-order valence-corrected chi connectivity index (χ4v) is 4.27. The van der Waals surface area contributed by atoms with Gasteiger partial charge >= 0.3 is 0 Å². The van der Waals surface area contributed by atoms with E-state index in [-0.39, 0.29) is 0 Å². The molecule has 2 nitrogen and oxygen atoms in total. The summed E-state index contributed by atoms with van der Waals surface area (Å²) in [6, 6.07) is 7.24. The van der Waals surface area contributed by atoms with Gasteiger partial charge in [-0.1, -0.05) is 37.4 Å². The lowest BCUT2D eigenvalue weighted by molar-refractivity contribution is 0.620. The second-order valence-electron chi connectivity index (χ2n) is 5.20. The molecule has 0 amide bonds. The van der Waals surface area contributed by atoms with Crippen LogP contribution in [0.1, 0.15) is 38.5 Å². The lowest BCUT2D eigenvalue weighted by Gasteiger charge is -2.17. The van der Waals surface area contributed by atoms with Gasteiger partial charge < -0.3 is 5.32 Å². The van der Waals surface area contributed by atoms with E-state index in [9.17, 15) is 0 Å². The normalized spacial score (nSPS) is 17.5. The molecule has 0 spiro atoms. The molecule has 1 aliphatic carbocycles. The molecule has 4 heteroatoms. The van der Waals surface area contributed by atoms with Crippen molar-refractivity contribution in [2.24, 2.45) is 0 Å². The van der Waals surface area contributed by atoms with Gasteiger partial charge in [0.15, 0.2) is 4.34 Å². The number of hydrogen-bond acceptors (Lipinski definition) is 4. The zero-order chi connectivity index (χ0) is 13.1. The van der Waals surface area contributed by atoms with Gasteiger partial charge in [0, 0.05) is 11.7 Å². The van der Waals surface area contributed by atoms with Gasteiger partial charge in [0.05, 0.1) is 10.2 Å². The topological polar surface area (TPSA) is 24.9 Å². The predicted octanol–water partition coefficient (Wildman–Crippen LogP) is 5.15. The summed E-state index contributed by atoms with van der Waals surface area (Å²) in [6.07, 6.45) is 10.3. The minimum absolute atomic E-state index is 0.660. The molecule has 0 atom stereocenters. The van der Waals surface area contributed by atoms with Gasteiger partial charge in [0.1, 0.15) is 0 Å². The van der Waals surface area contributed by atoms with Crippen molar-refractivity contribution in [3.8, 4) is 0 Å². The number of anilines is 1. The Kier molecular flexibility index (Phi) is 4.28. The van der Waals surface area contributed by atoms with Gasteiger partial charge in [0.25, 0.3) is 0 Å². The summed E-state index contributed by atoms with van der Waals surface area (Å²) >= 11 is 3.52. The highest BCUT2D eigenvalue weighted by Gasteiger charge is 2.12. The summed E-state index contributed by atoms with van der Waals surface area (Å²) in [5, 5.41) is 3.71. The minimum atomic E-state index is 0.660. The van der Waals surface area contributed by atoms with E-state index in [0.717, 1.165) is 9.86 Å². The zero-order valence-electron chi connectivity index (χ0n) is 11.3. The fraction of sp³-hybridized carbons (Fsp3) is 0.533. The van der Waals surface area contributed by atoms with Gasteiger partial charge in [-0.15, -0.1) is 11.3 Å². The smallest absolute Gasteiger partial charge is 0.150 e. The molecule has 19 heavy (non-hydrogen) atoms. The lowest BCUT2D eigenvalue weighted by atomic mass is 10.1. The summed E-state index contributed by atoms with van der Waals surface area (Å²) in [5.74, 6) is 0. The Balaban J connectivity index is 1.76. The number of hydrogen-bond donors (Lipinski definition) is 1. The highest BCUT2D eigenvalue weighted by molar-refractivity contribution is 8.00. The molecule has 3 rings (SSSR count). The minimum Gasteiger partial charge on any atom is -0.382 e. The Bertz CT molecular complexity index is 542. The first-order valence-corrected chi connectivity index (χ1v) is 9.10. The Hall–Kier alpha value is -0.740. The molecule has 2 aromatic rings. The van der Waals surface area contributed by atoms with Gasteiger partial charge in [-0.05, 0) is 37.3 Å². The predicted molar refractivity (Wildman–Crippen MR) is 86.5 cm³/mol. The van der Waals surface area contributed by atoms with Crippen LogP contribution in [-0.4, -0.2) is 17.3 Å². The van der Waals surface area contributed by atoms with E-state index in [0.29, 0.717) is 6.04 Å². The van der Waals surface area contributed by atoms with Crippen LogP contribution >= 0.6 is 23.1 Å². The van der Waals surface area contributed by atoms with E-state index in [4.69, 9.17) is 0 Å². The molecule has 1 N–H and O–H groups in total. The zero-order valence-corrected chi connectivity index (χ0v) is 12.9. The summed E-state index contributed by atoms with van der Waals surface area (Å²) in [6.45, 7) is 0. The van der Waals surface area contributed by atoms with Crippen molar-refractivity contribution < 1.29 is 0 Å². The van der Waals surface area contributed by atoms with E-state index in [1.165, 1.54) is 48.9 Å². The van der Waals surface area contributed by atoms with Crippen molar-refractivity contribution >= 4 is 39.0 Å². The van der Waals surface area contributed by atoms with Gasteiger partial charge in [0.2, 0.25) is 0 Å². The highest BCUT2D eigenvalue weighted by Crippen LogP contribution is 2.30. The standard InChI is InChI=1S/C15H20N2S2/c1-18-15-17-13-9-8-12(10-14(13)19-15)16-11-6-4-2-3-5-7-11/h8-11,16H,2-7H2,1H3. The Labute approximate surface area is 123 Å². The molecule has 1 aliphatic rings. The fourth-order valence-electron chi connectivity index (χ4n) is 2.74. The van der Waals surface area contributed by atoms with Crippen LogP contribution < -0.4 is 5.32 Å². The number of nitrogens with one attached hydrogen (secondary N) is 1. The van der Waals surface area contributed by atoms with Crippen LogP contribution in [0.15, 0.2) is 22.5 Å². The number of nitrogens with zero attached hydrogens (tertiary/aromatic N) is 1. The number of thioether (sulfide) groups is 1. The van der Waals surface area contributed by atoms with E-state index >= 15 is 0 Å². The molecule has 1 fully saturated rings. The first-order chi connectivity index (χ1) is 9.35. The quantitative estimate of drug-likeness (QED) is 0.625. The maximum absolute atomic E-state index is 4.59. The molecule has 102 valence electrons. The summed E-state index contributed by atoms with van der Waals surface area (Å²) in [7, 11) is 0. The molecule has 0 radical (unpaired) electrons. The average molecular weight is 292 g/mol. The third-order valence-electron chi connectivity index (χ3n) is 3.77. The van der Waals surface area contributed by atoms with E-state index < -0.39 is 0 Å². The van der Waals surface area contributed by atoms with Crippen LogP contribution in [0, 0.1) is 0 Å². The number of rotatable bonds is 3. The number of aromatic nitrogens is 1. The van der Waals surface area contributed by atoms with Crippen LogP contribution in [0.5, 0.6) is 0 Å². The average Bonchev–Trinajstić information content (AvgIpc) is 2.67. The Morgan fingerprint density at radius 1 is 1.21 bits per heavy atom. The third-order valence-corrected chi connectivity index (χ3v) is 5.77. The maximum atomic E-state index is 4.59. The SMILES string of the molecule is CSc1nc2ccc(NC3CCCCCC3)cc2s1. The summed E-state index contributed by atoms with van der Waals surface area (Å²) in [5.41, 5.74) is 2.39. The third kappa shape index (κ3) is 3.23. The van der Waals surface area contributed by atoms with Crippen molar-refractivity contribution in [3.05, 3.63) is 18.2 Å². The molecule has 0 unspecified atom stereocenters. The van der Waals surface area contributed by atoms with Crippen molar-refractivity contribution in [1.82, 2.24) is 4.98 Å². The first-order valence-electron chi connectivity index (χ1n) is 7.06. The van der Waals surface area contributed by atoms with Gasteiger partial charge in [-0.3, -0.25) is 0 Å². The second kappa shape index (κ2) is 6.14. The monoisotopic (exact) mass is 292 g/mol. The molecule has 1 aromatic heterocycles. The summed E-state index contributed by atoms with van der Waals surface area (Å²) in [4.78, 5) is 4.59. The molecular formula is C15H20N2S2. The van der Waals surface area contributed by atoms with Gasteiger partial charge in [-0.2, -0.15) is 0 Å². The molecule has 1 aromatic carbocycles. The van der Waals surface area contributed by atoms with E-state index in [1.807, 2.05) is 0 Å². The molecule has 1 saturated carbocycles. The first kappa shape index (κ1) is 13.3. The van der Waals surface area contributed by atoms with Crippen LogP contribution in [0.2, 0.25) is 0 Å². The van der Waals surface area contributed by atoms with Crippen LogP contribution in [0.4, 0.5) is 5.69 Å². The molecule has 0 aliphatic heterocycles. The van der Waals surface area contributed by atoms with Crippen molar-refractivity contribution in [3.63, 3.8) is 0 Å². The Morgan fingerprint density at radius 2 is 2.00 bits per heavy atom. The van der Waals surface area contributed by atoms with E-state index in [2.05, 4.69) is 34.8 Å². The maximum Gasteiger partial charge on any atom is 0.150 e.